The van der Waals surface area contributed by atoms with Crippen molar-refractivity contribution in [2.24, 2.45) is 0 Å². The maximum Gasteiger partial charge on any atom is -0.0286 e. The van der Waals surface area contributed by atoms with Crippen LogP contribution in [0, 0.1) is 0 Å². The van der Waals surface area contributed by atoms with E-state index in [0.717, 1.165) is 12.8 Å². The van der Waals surface area contributed by atoms with Gasteiger partial charge >= 0.3 is 0 Å². The van der Waals surface area contributed by atoms with E-state index in [1.165, 1.54) is 51.4 Å². The van der Waals surface area contributed by atoms with Gasteiger partial charge in [-0.1, -0.05) is 50.1 Å². The maximum atomic E-state index is 3.77. The molecule has 0 aromatic carbocycles. The largest absolute Gasteiger partial charge is 0.103 e. The van der Waals surface area contributed by atoms with Crippen LogP contribution in [0.15, 0.2) is 36.5 Å². The highest BCUT2D eigenvalue weighted by Crippen LogP contribution is 2.16. The van der Waals surface area contributed by atoms with Crippen molar-refractivity contribution in [2.45, 2.75) is 78.1 Å². The standard InChI is InChI=1S/C18H32/c1-4-7-10-12-14-17-18(15-9-6-3)16-13-11-8-5-2/h4,8,11,17H,1,5-7,9-10,12-16H2,2-3H3. The highest BCUT2D eigenvalue weighted by Gasteiger charge is 1.96. The predicted molar refractivity (Wildman–Crippen MR) is 84.9 cm³/mol. The molecule has 0 atom stereocenters. The molecule has 0 aromatic rings. The Hall–Kier alpha value is -0.780. The molecule has 104 valence electrons. The molecule has 0 saturated heterocycles. The van der Waals surface area contributed by atoms with E-state index in [4.69, 9.17) is 0 Å². The van der Waals surface area contributed by atoms with Crippen LogP contribution in [0.2, 0.25) is 0 Å². The smallest absolute Gasteiger partial charge is 0.0286 e. The Morgan fingerprint density at radius 3 is 2.33 bits per heavy atom. The molecule has 0 nitrogen and oxygen atoms in total. The van der Waals surface area contributed by atoms with Crippen molar-refractivity contribution >= 4 is 0 Å². The van der Waals surface area contributed by atoms with E-state index in [1.54, 1.807) is 5.57 Å². The molecule has 0 fully saturated rings. The number of unbranched alkanes of at least 4 members (excludes halogenated alkanes) is 4. The minimum absolute atomic E-state index is 1.16. The van der Waals surface area contributed by atoms with Crippen molar-refractivity contribution in [1.29, 1.82) is 0 Å². The van der Waals surface area contributed by atoms with Crippen molar-refractivity contribution in [3.63, 3.8) is 0 Å². The Morgan fingerprint density at radius 2 is 1.67 bits per heavy atom. The Bertz CT molecular complexity index is 232. The average molecular weight is 248 g/mol. The fraction of sp³-hybridized carbons (Fsp3) is 0.667. The van der Waals surface area contributed by atoms with Gasteiger partial charge in [-0.2, -0.15) is 0 Å². The van der Waals surface area contributed by atoms with Crippen molar-refractivity contribution < 1.29 is 0 Å². The van der Waals surface area contributed by atoms with Crippen molar-refractivity contribution in [1.82, 2.24) is 0 Å². The van der Waals surface area contributed by atoms with Crippen LogP contribution >= 0.6 is 0 Å². The van der Waals surface area contributed by atoms with Crippen LogP contribution in [-0.2, 0) is 0 Å². The van der Waals surface area contributed by atoms with Crippen molar-refractivity contribution in [3.8, 4) is 0 Å². The summed E-state index contributed by atoms with van der Waals surface area (Å²) in [6, 6.07) is 0. The van der Waals surface area contributed by atoms with E-state index in [0.29, 0.717) is 0 Å². The predicted octanol–water partition coefficient (Wildman–Crippen LogP) is 6.60. The molecule has 0 heterocycles. The van der Waals surface area contributed by atoms with Gasteiger partial charge in [-0.05, 0) is 57.8 Å². The average Bonchev–Trinajstić information content (AvgIpc) is 2.39. The second-order valence-electron chi connectivity index (χ2n) is 4.96. The molecule has 0 aromatic heterocycles. The molecule has 0 N–H and O–H groups in total. The summed E-state index contributed by atoms with van der Waals surface area (Å²) in [7, 11) is 0. The molecule has 0 rings (SSSR count). The summed E-state index contributed by atoms with van der Waals surface area (Å²) >= 11 is 0. The third-order valence-corrected chi connectivity index (χ3v) is 3.18. The minimum Gasteiger partial charge on any atom is -0.103 e. The lowest BCUT2D eigenvalue weighted by atomic mass is 10.0. The first-order valence-electron chi connectivity index (χ1n) is 7.78. The van der Waals surface area contributed by atoms with Crippen LogP contribution in [0.1, 0.15) is 78.1 Å². The van der Waals surface area contributed by atoms with Crippen LogP contribution in [0.25, 0.3) is 0 Å². The highest BCUT2D eigenvalue weighted by molar-refractivity contribution is 5.03. The fourth-order valence-corrected chi connectivity index (χ4v) is 2.03. The molecule has 0 aliphatic rings. The van der Waals surface area contributed by atoms with Gasteiger partial charge < -0.3 is 0 Å². The zero-order valence-corrected chi connectivity index (χ0v) is 12.6. The Balaban J connectivity index is 3.90. The third kappa shape index (κ3) is 11.7. The lowest BCUT2D eigenvalue weighted by Gasteiger charge is -2.05. The molecular formula is C18H32. The topological polar surface area (TPSA) is 0 Å². The lowest BCUT2D eigenvalue weighted by Crippen LogP contribution is -1.85. The van der Waals surface area contributed by atoms with E-state index in [9.17, 15) is 0 Å². The van der Waals surface area contributed by atoms with E-state index in [-0.39, 0.29) is 0 Å². The van der Waals surface area contributed by atoms with E-state index >= 15 is 0 Å². The monoisotopic (exact) mass is 248 g/mol. The quantitative estimate of drug-likeness (QED) is 0.270. The van der Waals surface area contributed by atoms with E-state index < -0.39 is 0 Å². The summed E-state index contributed by atoms with van der Waals surface area (Å²) < 4.78 is 0. The molecular weight excluding hydrogens is 216 g/mol. The van der Waals surface area contributed by atoms with Crippen molar-refractivity contribution in [3.05, 3.63) is 36.5 Å². The molecule has 0 aliphatic carbocycles. The van der Waals surface area contributed by atoms with Crippen LogP contribution < -0.4 is 0 Å². The van der Waals surface area contributed by atoms with Crippen molar-refractivity contribution in [2.75, 3.05) is 0 Å². The zero-order valence-electron chi connectivity index (χ0n) is 12.6. The SMILES string of the molecule is C=CCCCCC=C(CCC=CCC)CCCC. The van der Waals surface area contributed by atoms with Crippen LogP contribution in [0.3, 0.4) is 0 Å². The molecule has 18 heavy (non-hydrogen) atoms. The molecule has 0 saturated carbocycles. The van der Waals surface area contributed by atoms with Gasteiger partial charge in [0.1, 0.15) is 0 Å². The Kier molecular flexibility index (Phi) is 13.7. The van der Waals surface area contributed by atoms with Crippen LogP contribution in [0.5, 0.6) is 0 Å². The Labute approximate surface area is 115 Å². The van der Waals surface area contributed by atoms with Gasteiger partial charge in [0.15, 0.2) is 0 Å². The highest BCUT2D eigenvalue weighted by atomic mass is 14.0. The first-order chi connectivity index (χ1) is 8.85. The third-order valence-electron chi connectivity index (χ3n) is 3.18. The van der Waals surface area contributed by atoms with Gasteiger partial charge in [0.2, 0.25) is 0 Å². The first-order valence-corrected chi connectivity index (χ1v) is 7.78. The molecule has 0 amide bonds. The summed E-state index contributed by atoms with van der Waals surface area (Å²) in [5.74, 6) is 0. The van der Waals surface area contributed by atoms with Gasteiger partial charge in [-0.25, -0.2) is 0 Å². The number of hydrogen-bond acceptors (Lipinski definition) is 0. The van der Waals surface area contributed by atoms with Gasteiger partial charge in [-0.15, -0.1) is 6.58 Å². The van der Waals surface area contributed by atoms with Gasteiger partial charge in [-0.3, -0.25) is 0 Å². The minimum atomic E-state index is 1.16. The summed E-state index contributed by atoms with van der Waals surface area (Å²) in [5.41, 5.74) is 1.68. The second kappa shape index (κ2) is 14.3. The van der Waals surface area contributed by atoms with Crippen LogP contribution in [-0.4, -0.2) is 0 Å². The normalized spacial score (nSPS) is 12.2. The van der Waals surface area contributed by atoms with E-state index in [1.807, 2.05) is 6.08 Å². The van der Waals surface area contributed by atoms with Gasteiger partial charge in [0.05, 0.1) is 0 Å². The maximum absolute atomic E-state index is 3.77. The van der Waals surface area contributed by atoms with Crippen LogP contribution in [0.4, 0.5) is 0 Å². The zero-order chi connectivity index (χ0) is 13.5. The summed E-state index contributed by atoms with van der Waals surface area (Å²) in [4.78, 5) is 0. The molecule has 0 unspecified atom stereocenters. The summed E-state index contributed by atoms with van der Waals surface area (Å²) in [5, 5.41) is 0. The lowest BCUT2D eigenvalue weighted by molar-refractivity contribution is 0.726. The van der Waals surface area contributed by atoms with E-state index in [2.05, 4.69) is 38.7 Å². The molecule has 0 spiro atoms. The molecule has 0 aliphatic heterocycles. The summed E-state index contributed by atoms with van der Waals surface area (Å²) in [6.07, 6.45) is 21.7. The fourth-order valence-electron chi connectivity index (χ4n) is 2.03. The van der Waals surface area contributed by atoms with Gasteiger partial charge in [0, 0.05) is 0 Å². The molecule has 0 heteroatoms. The number of hydrogen-bond donors (Lipinski definition) is 0. The Morgan fingerprint density at radius 1 is 0.889 bits per heavy atom. The second-order valence-corrected chi connectivity index (χ2v) is 4.96. The number of allylic oxidation sites excluding steroid dienone is 5. The summed E-state index contributed by atoms with van der Waals surface area (Å²) in [6.45, 7) is 8.24. The van der Waals surface area contributed by atoms with Gasteiger partial charge in [0.25, 0.3) is 0 Å². The molecule has 0 radical (unpaired) electrons. The first kappa shape index (κ1) is 17.2. The number of rotatable bonds is 12. The molecule has 0 bridgehead atoms.